The predicted octanol–water partition coefficient (Wildman–Crippen LogP) is 2.60. The number of carbonyl (C=O) groups is 4. The van der Waals surface area contributed by atoms with Crippen LogP contribution in [0.1, 0.15) is 44.0 Å². The number of amides is 3. The van der Waals surface area contributed by atoms with Crippen LogP contribution in [0.15, 0.2) is 21.0 Å². The van der Waals surface area contributed by atoms with E-state index in [1.165, 1.54) is 45.1 Å². The van der Waals surface area contributed by atoms with E-state index in [9.17, 15) is 29.4 Å². The molecule has 0 radical (unpaired) electrons. The SMILES string of the molecule is CCC(C)(C)OC(=O)Nc1nc(C(O)C(=O)NC2C(=O)N3C(C(=O)O)=C(CSc4nnc(C)s4)CSC23)cs1. The number of aliphatic hydroxyl groups excluding tert-OH is 1. The molecule has 0 aliphatic carbocycles. The number of fused-ring (bicyclic) bond motifs is 1. The summed E-state index contributed by atoms with van der Waals surface area (Å²) in [5, 5.41) is 35.0. The van der Waals surface area contributed by atoms with Gasteiger partial charge in [-0.2, -0.15) is 0 Å². The molecule has 3 amide bonds. The van der Waals surface area contributed by atoms with Gasteiger partial charge in [0.05, 0.1) is 5.69 Å². The number of nitrogens with one attached hydrogen (secondary N) is 2. The van der Waals surface area contributed by atoms with Crippen LogP contribution in [0.4, 0.5) is 9.93 Å². The molecule has 13 nitrogen and oxygen atoms in total. The van der Waals surface area contributed by atoms with Gasteiger partial charge in [0.15, 0.2) is 15.6 Å². The lowest BCUT2D eigenvalue weighted by Crippen LogP contribution is -2.70. The minimum atomic E-state index is -1.70. The number of β-lactam (4-membered cyclic amide) rings is 1. The molecule has 0 bridgehead atoms. The molecule has 4 rings (SSSR count). The summed E-state index contributed by atoms with van der Waals surface area (Å²) in [6, 6.07) is -1.01. The summed E-state index contributed by atoms with van der Waals surface area (Å²) in [7, 11) is 0. The third kappa shape index (κ3) is 6.54. The lowest BCUT2D eigenvalue weighted by atomic mass is 10.0. The van der Waals surface area contributed by atoms with Crippen molar-refractivity contribution in [2.75, 3.05) is 16.8 Å². The molecule has 1 saturated heterocycles. The van der Waals surface area contributed by atoms with Crippen molar-refractivity contribution >= 4 is 75.2 Å². The van der Waals surface area contributed by atoms with Gasteiger partial charge in [0, 0.05) is 16.9 Å². The van der Waals surface area contributed by atoms with Crippen LogP contribution in [-0.2, 0) is 19.1 Å². The summed E-state index contributed by atoms with van der Waals surface area (Å²) in [6.07, 6.45) is -1.81. The van der Waals surface area contributed by atoms with Gasteiger partial charge >= 0.3 is 12.1 Å². The average Bonchev–Trinajstić information content (AvgIpc) is 3.52. The highest BCUT2D eigenvalue weighted by atomic mass is 32.2. The highest BCUT2D eigenvalue weighted by Gasteiger charge is 2.54. The number of hydrogen-bond acceptors (Lipinski definition) is 13. The van der Waals surface area contributed by atoms with Gasteiger partial charge in [-0.3, -0.25) is 19.8 Å². The number of ether oxygens (including phenoxy) is 1. The van der Waals surface area contributed by atoms with Gasteiger partial charge < -0.3 is 20.3 Å². The van der Waals surface area contributed by atoms with E-state index in [1.807, 2.05) is 13.8 Å². The van der Waals surface area contributed by atoms with E-state index in [1.54, 1.807) is 13.8 Å². The molecule has 210 valence electrons. The summed E-state index contributed by atoms with van der Waals surface area (Å²) in [5.41, 5.74) is -0.211. The van der Waals surface area contributed by atoms with Crippen LogP contribution in [0.5, 0.6) is 0 Å². The number of anilines is 1. The normalized spacial score (nSPS) is 19.7. The summed E-state index contributed by atoms with van der Waals surface area (Å²) in [5.74, 6) is -2.00. The first kappa shape index (κ1) is 29.3. The number of carbonyl (C=O) groups excluding carboxylic acids is 3. The first-order valence-electron chi connectivity index (χ1n) is 11.7. The molecule has 0 aromatic carbocycles. The number of thioether (sulfide) groups is 2. The highest BCUT2D eigenvalue weighted by molar-refractivity contribution is 8.01. The fraction of sp³-hybridized carbons (Fsp3) is 0.500. The lowest BCUT2D eigenvalue weighted by molar-refractivity contribution is -0.151. The second-order valence-corrected chi connectivity index (χ2v) is 13.5. The van der Waals surface area contributed by atoms with Crippen LogP contribution in [-0.4, -0.2) is 82.7 Å². The average molecular weight is 615 g/mol. The van der Waals surface area contributed by atoms with Crippen molar-refractivity contribution in [2.45, 2.75) is 61.6 Å². The van der Waals surface area contributed by atoms with Crippen LogP contribution in [0.2, 0.25) is 0 Å². The van der Waals surface area contributed by atoms with Crippen LogP contribution in [0, 0.1) is 6.92 Å². The lowest BCUT2D eigenvalue weighted by Gasteiger charge is -2.49. The molecular formula is C22H26N6O7S4. The Labute approximate surface area is 239 Å². The molecule has 2 aromatic heterocycles. The van der Waals surface area contributed by atoms with E-state index in [-0.39, 0.29) is 16.5 Å². The molecule has 3 unspecified atom stereocenters. The summed E-state index contributed by atoms with van der Waals surface area (Å²) in [4.78, 5) is 55.0. The van der Waals surface area contributed by atoms with Crippen molar-refractivity contribution < 1.29 is 34.1 Å². The van der Waals surface area contributed by atoms with Crippen molar-refractivity contribution in [3.05, 3.63) is 27.4 Å². The maximum Gasteiger partial charge on any atom is 0.413 e. The molecule has 39 heavy (non-hydrogen) atoms. The smallest absolute Gasteiger partial charge is 0.413 e. The van der Waals surface area contributed by atoms with Gasteiger partial charge in [-0.25, -0.2) is 14.6 Å². The van der Waals surface area contributed by atoms with Crippen LogP contribution < -0.4 is 10.6 Å². The second kappa shape index (κ2) is 11.8. The van der Waals surface area contributed by atoms with E-state index in [2.05, 4.69) is 25.8 Å². The van der Waals surface area contributed by atoms with Crippen molar-refractivity contribution in [1.82, 2.24) is 25.4 Å². The largest absolute Gasteiger partial charge is 0.477 e. The van der Waals surface area contributed by atoms with Crippen molar-refractivity contribution in [2.24, 2.45) is 0 Å². The van der Waals surface area contributed by atoms with Gasteiger partial charge in [0.2, 0.25) is 0 Å². The number of hydrogen-bond donors (Lipinski definition) is 4. The molecule has 0 saturated carbocycles. The maximum absolute atomic E-state index is 12.9. The van der Waals surface area contributed by atoms with Crippen LogP contribution in [0.25, 0.3) is 0 Å². The van der Waals surface area contributed by atoms with E-state index >= 15 is 0 Å². The van der Waals surface area contributed by atoms with Crippen LogP contribution in [0.3, 0.4) is 0 Å². The van der Waals surface area contributed by atoms with Crippen LogP contribution >= 0.6 is 46.2 Å². The first-order valence-corrected chi connectivity index (χ1v) is 15.4. The second-order valence-electron chi connectivity index (χ2n) is 9.14. The fourth-order valence-electron chi connectivity index (χ4n) is 3.55. The molecule has 0 spiro atoms. The number of rotatable bonds is 10. The number of aromatic nitrogens is 3. The Hall–Kier alpha value is -2.73. The predicted molar refractivity (Wildman–Crippen MR) is 147 cm³/mol. The van der Waals surface area contributed by atoms with Gasteiger partial charge in [0.1, 0.15) is 27.7 Å². The molecule has 3 atom stereocenters. The third-order valence-corrected chi connectivity index (χ3v) is 10.1. The Morgan fingerprint density at radius 3 is 2.72 bits per heavy atom. The van der Waals surface area contributed by atoms with Crippen molar-refractivity contribution in [3.63, 3.8) is 0 Å². The quantitative estimate of drug-likeness (QED) is 0.227. The third-order valence-electron chi connectivity index (χ3n) is 5.90. The number of carboxylic acids is 1. The molecule has 2 aliphatic heterocycles. The van der Waals surface area contributed by atoms with E-state index < -0.39 is 47.0 Å². The number of aryl methyl sites for hydroxylation is 1. The zero-order chi connectivity index (χ0) is 28.5. The molecular weight excluding hydrogens is 589 g/mol. The number of aliphatic hydroxyl groups is 1. The van der Waals surface area contributed by atoms with Crippen molar-refractivity contribution in [1.29, 1.82) is 0 Å². The Morgan fingerprint density at radius 1 is 1.33 bits per heavy atom. The summed E-state index contributed by atoms with van der Waals surface area (Å²) >= 11 is 5.07. The molecule has 2 aliphatic rings. The standard InChI is InChI=1S/C22H26N6O7S4/c1-5-22(3,4)35-20(34)25-19-23-11(8-37-19)14(29)15(30)24-12-16(31)28-13(18(32)33)10(6-36-17(12)28)7-38-21-27-26-9(2)39-21/h8,12,14,17,29H,5-7H2,1-4H3,(H,24,30)(H,32,33)(H,23,25,34). The van der Waals surface area contributed by atoms with Gasteiger partial charge in [-0.15, -0.1) is 33.3 Å². The van der Waals surface area contributed by atoms with Gasteiger partial charge in [0.25, 0.3) is 11.8 Å². The number of nitrogens with zero attached hydrogens (tertiary/aromatic N) is 4. The molecule has 2 aromatic rings. The number of aliphatic carboxylic acids is 1. The fourth-order valence-corrected chi connectivity index (χ4v) is 7.57. The van der Waals surface area contributed by atoms with E-state index in [4.69, 9.17) is 4.74 Å². The Kier molecular flexibility index (Phi) is 8.85. The monoisotopic (exact) mass is 614 g/mol. The molecule has 1 fully saturated rings. The molecule has 17 heteroatoms. The number of carboxylic acid groups (broad SMARTS) is 1. The summed E-state index contributed by atoms with van der Waals surface area (Å²) in [6.45, 7) is 7.22. The van der Waals surface area contributed by atoms with Gasteiger partial charge in [-0.1, -0.05) is 30.0 Å². The minimum absolute atomic E-state index is 0.0141. The minimum Gasteiger partial charge on any atom is -0.477 e. The van der Waals surface area contributed by atoms with E-state index in [0.29, 0.717) is 27.8 Å². The molecule has 4 heterocycles. The Bertz CT molecular complexity index is 1330. The highest BCUT2D eigenvalue weighted by Crippen LogP contribution is 2.42. The Balaban J connectivity index is 1.36. The zero-order valence-electron chi connectivity index (χ0n) is 21.3. The zero-order valence-corrected chi connectivity index (χ0v) is 24.6. The van der Waals surface area contributed by atoms with Gasteiger partial charge in [-0.05, 0) is 32.8 Å². The molecule has 4 N–H and O–H groups in total. The summed E-state index contributed by atoms with van der Waals surface area (Å²) < 4.78 is 6.00. The first-order chi connectivity index (χ1) is 18.4. The topological polar surface area (TPSA) is 184 Å². The number of thiazole rings is 1. The van der Waals surface area contributed by atoms with E-state index in [0.717, 1.165) is 16.3 Å². The van der Waals surface area contributed by atoms with Crippen molar-refractivity contribution in [3.8, 4) is 0 Å². The Morgan fingerprint density at radius 2 is 2.08 bits per heavy atom. The maximum atomic E-state index is 12.9.